The van der Waals surface area contributed by atoms with Gasteiger partial charge in [-0.05, 0) is 19.4 Å². The van der Waals surface area contributed by atoms with Crippen LogP contribution in [0.25, 0.3) is 0 Å². The minimum atomic E-state index is -0.713. The summed E-state index contributed by atoms with van der Waals surface area (Å²) in [6.07, 6.45) is 1.99. The summed E-state index contributed by atoms with van der Waals surface area (Å²) in [6, 6.07) is 0. The molecule has 1 aromatic heterocycles. The van der Waals surface area contributed by atoms with Gasteiger partial charge in [0.1, 0.15) is 5.01 Å². The number of aliphatic carboxylic acids is 1. The number of aromatic nitrogens is 1. The van der Waals surface area contributed by atoms with Gasteiger partial charge in [-0.1, -0.05) is 0 Å². The van der Waals surface area contributed by atoms with E-state index in [2.05, 4.69) is 9.88 Å². The molecule has 1 aromatic rings. The molecule has 1 amide bonds. The number of amides is 1. The number of carboxylic acid groups (broad SMARTS) is 1. The van der Waals surface area contributed by atoms with Crippen LogP contribution in [0.2, 0.25) is 0 Å². The lowest BCUT2D eigenvalue weighted by Crippen LogP contribution is -2.38. The van der Waals surface area contributed by atoms with Gasteiger partial charge in [-0.15, -0.1) is 11.3 Å². The second-order valence-electron chi connectivity index (χ2n) is 5.61. The second kappa shape index (κ2) is 7.00. The number of nitrogens with zero attached hydrogens (tertiary/aromatic N) is 3. The monoisotopic (exact) mass is 311 g/mol. The van der Waals surface area contributed by atoms with E-state index in [9.17, 15) is 9.59 Å². The molecule has 116 valence electrons. The lowest BCUT2D eigenvalue weighted by Gasteiger charge is -2.29. The molecule has 7 heteroatoms. The van der Waals surface area contributed by atoms with E-state index in [1.165, 1.54) is 11.3 Å². The average Bonchev–Trinajstić information content (AvgIpc) is 2.86. The van der Waals surface area contributed by atoms with Crippen molar-refractivity contribution in [1.29, 1.82) is 0 Å². The van der Waals surface area contributed by atoms with Crippen LogP contribution in [0.15, 0.2) is 5.38 Å². The van der Waals surface area contributed by atoms with Crippen molar-refractivity contribution < 1.29 is 14.7 Å². The minimum absolute atomic E-state index is 0.0415. The number of carbonyl (C=O) groups is 2. The van der Waals surface area contributed by atoms with Crippen LogP contribution in [0, 0.1) is 5.92 Å². The van der Waals surface area contributed by atoms with Gasteiger partial charge in [-0.25, -0.2) is 4.98 Å². The van der Waals surface area contributed by atoms with Gasteiger partial charge in [-0.2, -0.15) is 0 Å². The second-order valence-corrected chi connectivity index (χ2v) is 6.55. The number of piperidine rings is 1. The lowest BCUT2D eigenvalue weighted by molar-refractivity contribution is -0.143. The third-order valence-corrected chi connectivity index (χ3v) is 4.54. The van der Waals surface area contributed by atoms with Crippen molar-refractivity contribution in [3.05, 3.63) is 16.1 Å². The number of thiazole rings is 1. The van der Waals surface area contributed by atoms with Crippen molar-refractivity contribution in [3.63, 3.8) is 0 Å². The van der Waals surface area contributed by atoms with Crippen LogP contribution in [0.4, 0.5) is 0 Å². The van der Waals surface area contributed by atoms with Gasteiger partial charge in [0.05, 0.1) is 18.0 Å². The van der Waals surface area contributed by atoms with Crippen molar-refractivity contribution in [2.75, 3.05) is 27.2 Å². The number of likely N-dealkylation sites (N-methyl/N-ethyl adjacent to an activating group) is 1. The molecule has 21 heavy (non-hydrogen) atoms. The van der Waals surface area contributed by atoms with Crippen LogP contribution in [0.5, 0.6) is 0 Å². The summed E-state index contributed by atoms with van der Waals surface area (Å²) in [5.41, 5.74) is 0.924. The van der Waals surface area contributed by atoms with E-state index in [0.29, 0.717) is 19.5 Å². The summed E-state index contributed by atoms with van der Waals surface area (Å²) < 4.78 is 0. The van der Waals surface area contributed by atoms with Crippen LogP contribution in [0.1, 0.15) is 23.5 Å². The van der Waals surface area contributed by atoms with E-state index >= 15 is 0 Å². The maximum atomic E-state index is 11.6. The first-order valence-corrected chi connectivity index (χ1v) is 7.92. The molecule has 0 bridgehead atoms. The Balaban J connectivity index is 1.90. The molecule has 1 N–H and O–H groups in total. The van der Waals surface area contributed by atoms with Gasteiger partial charge in [0.2, 0.25) is 5.91 Å². The van der Waals surface area contributed by atoms with E-state index in [4.69, 9.17) is 5.11 Å². The van der Waals surface area contributed by atoms with E-state index in [1.807, 2.05) is 5.38 Å². The number of carboxylic acids is 1. The number of hydrogen-bond acceptors (Lipinski definition) is 5. The predicted molar refractivity (Wildman–Crippen MR) is 80.1 cm³/mol. The van der Waals surface area contributed by atoms with Gasteiger partial charge < -0.3 is 10.0 Å². The van der Waals surface area contributed by atoms with Crippen molar-refractivity contribution in [1.82, 2.24) is 14.8 Å². The normalized spacial score (nSPS) is 19.4. The summed E-state index contributed by atoms with van der Waals surface area (Å²) in [5, 5.41) is 11.9. The molecule has 0 radical (unpaired) electrons. The molecule has 6 nitrogen and oxygen atoms in total. The predicted octanol–water partition coefficient (Wildman–Crippen LogP) is 1.07. The number of hydrogen-bond donors (Lipinski definition) is 1. The number of likely N-dealkylation sites (tertiary alicyclic amines) is 1. The Kier molecular flexibility index (Phi) is 5.30. The molecule has 1 aliphatic heterocycles. The molecule has 1 atom stereocenters. The standard InChI is InChI=1S/C14H21N3O3S/c1-16(2)13(18)6-12-15-11(9-21-12)8-17-5-3-4-10(7-17)14(19)20/h9-10H,3-8H2,1-2H3,(H,19,20). The van der Waals surface area contributed by atoms with Crippen LogP contribution in [-0.2, 0) is 22.6 Å². The van der Waals surface area contributed by atoms with Crippen molar-refractivity contribution in [2.24, 2.45) is 5.92 Å². The summed E-state index contributed by atoms with van der Waals surface area (Å²) in [4.78, 5) is 30.9. The molecular formula is C14H21N3O3S. The Morgan fingerprint density at radius 2 is 2.29 bits per heavy atom. The van der Waals surface area contributed by atoms with Gasteiger partial charge in [0, 0.05) is 32.6 Å². The maximum Gasteiger partial charge on any atom is 0.307 e. The van der Waals surface area contributed by atoms with Crippen LogP contribution >= 0.6 is 11.3 Å². The van der Waals surface area contributed by atoms with Gasteiger partial charge in [0.15, 0.2) is 0 Å². The molecule has 0 aromatic carbocycles. The Hall–Kier alpha value is -1.47. The van der Waals surface area contributed by atoms with E-state index in [0.717, 1.165) is 30.1 Å². The first-order chi connectivity index (χ1) is 9.95. The number of carbonyl (C=O) groups excluding carboxylic acids is 1. The van der Waals surface area contributed by atoms with Crippen LogP contribution < -0.4 is 0 Å². The molecule has 1 fully saturated rings. The molecular weight excluding hydrogens is 290 g/mol. The lowest BCUT2D eigenvalue weighted by atomic mass is 9.98. The van der Waals surface area contributed by atoms with Gasteiger partial charge in [-0.3, -0.25) is 14.5 Å². The van der Waals surface area contributed by atoms with Crippen LogP contribution in [-0.4, -0.2) is 59.0 Å². The fourth-order valence-electron chi connectivity index (χ4n) is 2.42. The average molecular weight is 311 g/mol. The highest BCUT2D eigenvalue weighted by molar-refractivity contribution is 7.09. The Morgan fingerprint density at radius 1 is 1.52 bits per heavy atom. The third kappa shape index (κ3) is 4.50. The fraction of sp³-hybridized carbons (Fsp3) is 0.643. The van der Waals surface area contributed by atoms with E-state index in [-0.39, 0.29) is 11.8 Å². The molecule has 0 saturated carbocycles. The Labute approximate surface area is 128 Å². The molecule has 0 spiro atoms. The maximum absolute atomic E-state index is 11.6. The highest BCUT2D eigenvalue weighted by atomic mass is 32.1. The molecule has 1 aliphatic rings. The molecule has 1 saturated heterocycles. The molecule has 2 heterocycles. The first-order valence-electron chi connectivity index (χ1n) is 7.04. The topological polar surface area (TPSA) is 73.7 Å². The van der Waals surface area contributed by atoms with Crippen LogP contribution in [0.3, 0.4) is 0 Å². The van der Waals surface area contributed by atoms with Crippen molar-refractivity contribution >= 4 is 23.2 Å². The van der Waals surface area contributed by atoms with E-state index < -0.39 is 5.97 Å². The largest absolute Gasteiger partial charge is 0.481 e. The van der Waals surface area contributed by atoms with Gasteiger partial charge >= 0.3 is 5.97 Å². The molecule has 0 aliphatic carbocycles. The van der Waals surface area contributed by atoms with Gasteiger partial charge in [0.25, 0.3) is 0 Å². The number of rotatable bonds is 5. The Morgan fingerprint density at radius 3 is 2.95 bits per heavy atom. The summed E-state index contributed by atoms with van der Waals surface area (Å²) in [5.74, 6) is -0.942. The highest BCUT2D eigenvalue weighted by Gasteiger charge is 2.25. The zero-order chi connectivity index (χ0) is 15.4. The smallest absolute Gasteiger partial charge is 0.307 e. The molecule has 1 unspecified atom stereocenters. The summed E-state index contributed by atoms with van der Waals surface area (Å²) in [7, 11) is 3.47. The highest BCUT2D eigenvalue weighted by Crippen LogP contribution is 2.20. The third-order valence-electron chi connectivity index (χ3n) is 3.64. The quantitative estimate of drug-likeness (QED) is 0.880. The fourth-order valence-corrected chi connectivity index (χ4v) is 3.20. The first kappa shape index (κ1) is 15.9. The zero-order valence-electron chi connectivity index (χ0n) is 12.4. The van der Waals surface area contributed by atoms with Crippen molar-refractivity contribution in [3.8, 4) is 0 Å². The zero-order valence-corrected chi connectivity index (χ0v) is 13.2. The van der Waals surface area contributed by atoms with E-state index in [1.54, 1.807) is 19.0 Å². The molecule has 2 rings (SSSR count). The summed E-state index contributed by atoms with van der Waals surface area (Å²) >= 11 is 1.49. The minimum Gasteiger partial charge on any atom is -0.481 e. The Bertz CT molecular complexity index is 515. The summed E-state index contributed by atoms with van der Waals surface area (Å²) in [6.45, 7) is 2.16. The van der Waals surface area contributed by atoms with Crippen molar-refractivity contribution in [2.45, 2.75) is 25.8 Å². The SMILES string of the molecule is CN(C)C(=O)Cc1nc(CN2CCCC(C(=O)O)C2)cs1.